The first-order valence-electron chi connectivity index (χ1n) is 6.26. The first-order chi connectivity index (χ1) is 9.56. The summed E-state index contributed by atoms with van der Waals surface area (Å²) in [6.07, 6.45) is 0. The Morgan fingerprint density at radius 2 is 1.85 bits per heavy atom. The van der Waals surface area contributed by atoms with Crippen LogP contribution in [0.2, 0.25) is 0 Å². The van der Waals surface area contributed by atoms with E-state index in [1.54, 1.807) is 0 Å². The van der Waals surface area contributed by atoms with Gasteiger partial charge >= 0.3 is 0 Å². The third-order valence-electron chi connectivity index (χ3n) is 3.33. The van der Waals surface area contributed by atoms with Crippen LogP contribution in [-0.4, -0.2) is 0 Å². The maximum absolute atomic E-state index is 6.33. The van der Waals surface area contributed by atoms with Gasteiger partial charge in [-0.2, -0.15) is 0 Å². The smallest absolute Gasteiger partial charge is 0.137 e. The molecule has 20 heavy (non-hydrogen) atoms. The van der Waals surface area contributed by atoms with Crippen LogP contribution in [0.15, 0.2) is 55.8 Å². The van der Waals surface area contributed by atoms with E-state index in [2.05, 4.69) is 31.9 Å². The van der Waals surface area contributed by atoms with Crippen LogP contribution in [0.1, 0.15) is 22.9 Å². The van der Waals surface area contributed by atoms with Crippen molar-refractivity contribution in [1.82, 2.24) is 0 Å². The molecule has 1 atom stereocenters. The summed E-state index contributed by atoms with van der Waals surface area (Å²) < 4.78 is 8.00. The number of rotatable bonds is 2. The average Bonchev–Trinajstić information content (AvgIpc) is 2.82. The molecule has 0 amide bonds. The fraction of sp³-hybridized carbons (Fsp3) is 0.125. The molecular weight excluding hydrogens is 382 g/mol. The van der Waals surface area contributed by atoms with Gasteiger partial charge in [0.2, 0.25) is 0 Å². The Labute approximate surface area is 134 Å². The predicted molar refractivity (Wildman–Crippen MR) is 88.8 cm³/mol. The highest BCUT2D eigenvalue weighted by atomic mass is 79.9. The summed E-state index contributed by atoms with van der Waals surface area (Å²) >= 11 is 7.04. The number of fused-ring (bicyclic) bond motifs is 1. The lowest BCUT2D eigenvalue weighted by atomic mass is 10.1. The fourth-order valence-corrected chi connectivity index (χ4v) is 3.46. The van der Waals surface area contributed by atoms with Crippen LogP contribution < -0.4 is 5.73 Å². The largest absolute Gasteiger partial charge is 0.459 e. The number of halogens is 2. The van der Waals surface area contributed by atoms with Crippen molar-refractivity contribution in [2.45, 2.75) is 13.0 Å². The molecule has 0 aliphatic rings. The predicted octanol–water partition coefficient (Wildman–Crippen LogP) is 5.31. The summed E-state index contributed by atoms with van der Waals surface area (Å²) in [6.45, 7) is 2.03. The topological polar surface area (TPSA) is 39.2 Å². The van der Waals surface area contributed by atoms with Crippen LogP contribution in [0.4, 0.5) is 0 Å². The van der Waals surface area contributed by atoms with Crippen LogP contribution in [0.3, 0.4) is 0 Å². The van der Waals surface area contributed by atoms with Gasteiger partial charge < -0.3 is 10.2 Å². The van der Waals surface area contributed by atoms with Gasteiger partial charge in [0.15, 0.2) is 0 Å². The second-order valence-electron chi connectivity index (χ2n) is 4.79. The molecule has 0 fully saturated rings. The van der Waals surface area contributed by atoms with Gasteiger partial charge in [-0.1, -0.05) is 50.1 Å². The zero-order chi connectivity index (χ0) is 14.3. The Kier molecular flexibility index (Phi) is 3.71. The molecule has 0 aliphatic heterocycles. The molecule has 0 radical (unpaired) electrons. The first kappa shape index (κ1) is 13.9. The highest BCUT2D eigenvalue weighted by Gasteiger charge is 2.17. The lowest BCUT2D eigenvalue weighted by Crippen LogP contribution is -2.11. The minimum Gasteiger partial charge on any atom is -0.459 e. The van der Waals surface area contributed by atoms with Crippen molar-refractivity contribution in [3.8, 4) is 0 Å². The van der Waals surface area contributed by atoms with E-state index in [9.17, 15) is 0 Å². The van der Waals surface area contributed by atoms with E-state index in [4.69, 9.17) is 10.2 Å². The quantitative estimate of drug-likeness (QED) is 0.639. The number of hydrogen-bond donors (Lipinski definition) is 1. The van der Waals surface area contributed by atoms with Gasteiger partial charge in [0.25, 0.3) is 0 Å². The molecule has 3 rings (SSSR count). The van der Waals surface area contributed by atoms with Gasteiger partial charge in [-0.25, -0.2) is 0 Å². The molecule has 3 aromatic rings. The third-order valence-corrected chi connectivity index (χ3v) is 4.51. The van der Waals surface area contributed by atoms with Gasteiger partial charge in [0, 0.05) is 14.3 Å². The molecule has 0 bridgehead atoms. The Hall–Kier alpha value is -1.10. The molecule has 0 saturated heterocycles. The molecule has 102 valence electrons. The second-order valence-corrected chi connectivity index (χ2v) is 6.56. The third kappa shape index (κ3) is 2.43. The normalized spacial score (nSPS) is 12.8. The van der Waals surface area contributed by atoms with Crippen molar-refractivity contribution >= 4 is 42.8 Å². The number of aryl methyl sites for hydroxylation is 1. The summed E-state index contributed by atoms with van der Waals surface area (Å²) in [4.78, 5) is 0. The number of furan rings is 1. The van der Waals surface area contributed by atoms with Crippen molar-refractivity contribution in [3.05, 3.63) is 68.3 Å². The fourth-order valence-electron chi connectivity index (χ4n) is 2.34. The van der Waals surface area contributed by atoms with Gasteiger partial charge in [0.05, 0.1) is 6.04 Å². The highest BCUT2D eigenvalue weighted by Crippen LogP contribution is 2.33. The van der Waals surface area contributed by atoms with Crippen molar-refractivity contribution in [1.29, 1.82) is 0 Å². The van der Waals surface area contributed by atoms with Crippen LogP contribution in [0.25, 0.3) is 11.0 Å². The zero-order valence-electron chi connectivity index (χ0n) is 10.9. The monoisotopic (exact) mass is 393 g/mol. The molecule has 0 saturated carbocycles. The number of hydrogen-bond acceptors (Lipinski definition) is 2. The van der Waals surface area contributed by atoms with Crippen molar-refractivity contribution in [2.75, 3.05) is 0 Å². The SMILES string of the molecule is Cc1cc(Br)cc2cc(C(N)c3ccccc3Br)oc12. The lowest BCUT2D eigenvalue weighted by molar-refractivity contribution is 0.523. The van der Waals surface area contributed by atoms with E-state index >= 15 is 0 Å². The van der Waals surface area contributed by atoms with E-state index in [-0.39, 0.29) is 6.04 Å². The maximum atomic E-state index is 6.33. The van der Waals surface area contributed by atoms with Gasteiger partial charge in [-0.05, 0) is 42.3 Å². The molecule has 0 aliphatic carbocycles. The minimum atomic E-state index is -0.281. The second kappa shape index (κ2) is 5.35. The molecule has 2 aromatic carbocycles. The Balaban J connectivity index is 2.11. The van der Waals surface area contributed by atoms with Gasteiger partial charge in [-0.15, -0.1) is 0 Å². The average molecular weight is 395 g/mol. The number of benzene rings is 2. The molecule has 2 nitrogen and oxygen atoms in total. The first-order valence-corrected chi connectivity index (χ1v) is 7.84. The Morgan fingerprint density at radius 1 is 1.10 bits per heavy atom. The van der Waals surface area contributed by atoms with E-state index in [0.29, 0.717) is 0 Å². The standard InChI is InChI=1S/C16H13Br2NO/c1-9-6-11(17)7-10-8-14(20-16(9)10)15(19)12-4-2-3-5-13(12)18/h2-8,15H,19H2,1H3. The van der Waals surface area contributed by atoms with E-state index < -0.39 is 0 Å². The molecule has 0 spiro atoms. The molecule has 2 N–H and O–H groups in total. The summed E-state index contributed by atoms with van der Waals surface area (Å²) in [5.41, 5.74) is 9.34. The molecular formula is C16H13Br2NO. The maximum Gasteiger partial charge on any atom is 0.137 e. The van der Waals surface area contributed by atoms with Gasteiger partial charge in [0.1, 0.15) is 11.3 Å². The van der Waals surface area contributed by atoms with Crippen molar-refractivity contribution in [2.24, 2.45) is 5.73 Å². The zero-order valence-corrected chi connectivity index (χ0v) is 14.0. The van der Waals surface area contributed by atoms with E-state index in [1.807, 2.05) is 49.4 Å². The summed E-state index contributed by atoms with van der Waals surface area (Å²) in [7, 11) is 0. The Bertz CT molecular complexity index is 779. The summed E-state index contributed by atoms with van der Waals surface area (Å²) in [6, 6.07) is 13.8. The van der Waals surface area contributed by atoms with Crippen LogP contribution >= 0.6 is 31.9 Å². The van der Waals surface area contributed by atoms with Crippen LogP contribution in [0, 0.1) is 6.92 Å². The van der Waals surface area contributed by atoms with Crippen LogP contribution in [0.5, 0.6) is 0 Å². The minimum absolute atomic E-state index is 0.281. The van der Waals surface area contributed by atoms with E-state index in [0.717, 1.165) is 36.8 Å². The molecule has 1 unspecified atom stereocenters. The van der Waals surface area contributed by atoms with E-state index in [1.165, 1.54) is 0 Å². The van der Waals surface area contributed by atoms with Gasteiger partial charge in [-0.3, -0.25) is 0 Å². The summed E-state index contributed by atoms with van der Waals surface area (Å²) in [5, 5.41) is 1.06. The van der Waals surface area contributed by atoms with Crippen molar-refractivity contribution in [3.63, 3.8) is 0 Å². The molecule has 1 heterocycles. The summed E-state index contributed by atoms with van der Waals surface area (Å²) in [5.74, 6) is 0.771. The molecule has 1 aromatic heterocycles. The van der Waals surface area contributed by atoms with Crippen LogP contribution in [-0.2, 0) is 0 Å². The molecule has 4 heteroatoms. The highest BCUT2D eigenvalue weighted by molar-refractivity contribution is 9.10. The van der Waals surface area contributed by atoms with Crippen molar-refractivity contribution < 1.29 is 4.42 Å². The number of nitrogens with two attached hydrogens (primary N) is 1. The Morgan fingerprint density at radius 3 is 2.60 bits per heavy atom. The lowest BCUT2D eigenvalue weighted by Gasteiger charge is -2.10.